The second-order valence-corrected chi connectivity index (χ2v) is 9.68. The molecule has 0 bridgehead atoms. The number of hydrogen-bond donors (Lipinski definition) is 5. The standard InChI is InChI=1S/C27H34O16/c1-13(30)37-11-19-23(38-14(2)31)24(39-15(3)32)22(36)26(40-19)43-27(12-29)25(21(35)18(10-28)42-27)41-20(34)9-6-16-4-7-17(33)8-5-16/h4-9,18-19,21-26,28-29,33,35-36H,10-12H2,1-3H3. The van der Waals surface area contributed by atoms with Crippen LogP contribution in [0.1, 0.15) is 26.3 Å². The zero-order valence-electron chi connectivity index (χ0n) is 23.4. The summed E-state index contributed by atoms with van der Waals surface area (Å²) in [7, 11) is 0. The number of phenolic OH excluding ortho intramolecular Hbond substituents is 1. The number of carbonyl (C=O) groups is 4. The predicted octanol–water partition coefficient (Wildman–Crippen LogP) is -1.71. The number of rotatable bonds is 11. The minimum atomic E-state index is -2.46. The fourth-order valence-electron chi connectivity index (χ4n) is 4.51. The maximum atomic E-state index is 12.7. The number of esters is 4. The number of aromatic hydroxyl groups is 1. The number of hydrogen-bond acceptors (Lipinski definition) is 16. The highest BCUT2D eigenvalue weighted by atomic mass is 16.8. The van der Waals surface area contributed by atoms with E-state index < -0.39 is 98.5 Å². The Labute approximate surface area is 245 Å². The van der Waals surface area contributed by atoms with Crippen LogP contribution < -0.4 is 0 Å². The van der Waals surface area contributed by atoms with Crippen LogP contribution in [0.15, 0.2) is 30.3 Å². The van der Waals surface area contributed by atoms with Gasteiger partial charge in [-0.15, -0.1) is 0 Å². The fourth-order valence-corrected chi connectivity index (χ4v) is 4.51. The highest BCUT2D eigenvalue weighted by molar-refractivity contribution is 5.87. The van der Waals surface area contributed by atoms with Crippen molar-refractivity contribution in [3.63, 3.8) is 0 Å². The molecule has 16 heteroatoms. The molecule has 0 radical (unpaired) electrons. The maximum absolute atomic E-state index is 12.7. The molecule has 1 aromatic rings. The Balaban J connectivity index is 1.91. The van der Waals surface area contributed by atoms with E-state index in [1.807, 2.05) is 0 Å². The van der Waals surface area contributed by atoms with Crippen LogP contribution in [0.5, 0.6) is 5.75 Å². The quantitative estimate of drug-likeness (QED) is 0.106. The second kappa shape index (κ2) is 14.7. The van der Waals surface area contributed by atoms with E-state index in [4.69, 9.17) is 33.2 Å². The van der Waals surface area contributed by atoms with Crippen LogP contribution in [0.2, 0.25) is 0 Å². The maximum Gasteiger partial charge on any atom is 0.331 e. The van der Waals surface area contributed by atoms with Gasteiger partial charge in [-0.1, -0.05) is 12.1 Å². The molecule has 2 aliphatic heterocycles. The monoisotopic (exact) mass is 614 g/mol. The van der Waals surface area contributed by atoms with E-state index in [1.165, 1.54) is 30.3 Å². The molecule has 238 valence electrons. The molecular formula is C27H34O16. The number of carbonyl (C=O) groups excluding carboxylic acids is 4. The van der Waals surface area contributed by atoms with E-state index >= 15 is 0 Å². The van der Waals surface area contributed by atoms with Crippen molar-refractivity contribution in [2.75, 3.05) is 19.8 Å². The molecule has 1 aromatic carbocycles. The third-order valence-electron chi connectivity index (χ3n) is 6.41. The normalized spacial score (nSPS) is 32.3. The molecule has 0 amide bonds. The van der Waals surface area contributed by atoms with Gasteiger partial charge in [-0.05, 0) is 23.8 Å². The van der Waals surface area contributed by atoms with Crippen molar-refractivity contribution in [2.45, 2.75) is 75.6 Å². The summed E-state index contributed by atoms with van der Waals surface area (Å²) in [5, 5.41) is 51.4. The number of ether oxygens (including phenoxy) is 7. The Morgan fingerprint density at radius 2 is 1.51 bits per heavy atom. The molecule has 5 N–H and O–H groups in total. The Bertz CT molecular complexity index is 1170. The average molecular weight is 615 g/mol. The molecular weight excluding hydrogens is 580 g/mol. The van der Waals surface area contributed by atoms with Gasteiger partial charge in [0.05, 0.1) is 6.61 Å². The number of aliphatic hydroxyl groups excluding tert-OH is 4. The molecule has 9 unspecified atom stereocenters. The van der Waals surface area contributed by atoms with Gasteiger partial charge in [0.25, 0.3) is 0 Å². The second-order valence-electron chi connectivity index (χ2n) is 9.68. The van der Waals surface area contributed by atoms with Crippen LogP contribution in [-0.4, -0.2) is 124 Å². The molecule has 0 saturated carbocycles. The molecule has 3 rings (SSSR count). The lowest BCUT2D eigenvalue weighted by Gasteiger charge is -2.45. The summed E-state index contributed by atoms with van der Waals surface area (Å²) in [6, 6.07) is 5.78. The molecule has 2 fully saturated rings. The van der Waals surface area contributed by atoms with E-state index in [9.17, 15) is 44.7 Å². The Hall–Kier alpha value is -3.64. The lowest BCUT2D eigenvalue weighted by Crippen LogP contribution is -2.64. The Morgan fingerprint density at radius 3 is 2.07 bits per heavy atom. The van der Waals surface area contributed by atoms with Crippen molar-refractivity contribution in [1.82, 2.24) is 0 Å². The van der Waals surface area contributed by atoms with Crippen LogP contribution in [0, 0.1) is 0 Å². The SMILES string of the molecule is CC(=O)OCC1OC(OC2(CO)OC(CO)C(O)C2OC(=O)C=Cc2ccc(O)cc2)C(O)C(OC(C)=O)C1OC(C)=O. The Kier molecular flexibility index (Phi) is 11.6. The Morgan fingerprint density at radius 1 is 0.884 bits per heavy atom. The van der Waals surface area contributed by atoms with Gasteiger partial charge in [0, 0.05) is 26.8 Å². The number of benzene rings is 1. The zero-order valence-corrected chi connectivity index (χ0v) is 23.4. The third kappa shape index (κ3) is 8.47. The van der Waals surface area contributed by atoms with Gasteiger partial charge in [0.1, 0.15) is 43.4 Å². The largest absolute Gasteiger partial charge is 0.508 e. The molecule has 2 heterocycles. The van der Waals surface area contributed by atoms with Gasteiger partial charge in [-0.25, -0.2) is 4.79 Å². The molecule has 16 nitrogen and oxygen atoms in total. The molecule has 9 atom stereocenters. The van der Waals surface area contributed by atoms with Gasteiger partial charge in [0.15, 0.2) is 24.6 Å². The smallest absolute Gasteiger partial charge is 0.331 e. The van der Waals surface area contributed by atoms with Crippen LogP contribution in [0.25, 0.3) is 6.08 Å². The first-order valence-electron chi connectivity index (χ1n) is 13.0. The number of phenols is 1. The molecule has 0 aliphatic carbocycles. The van der Waals surface area contributed by atoms with E-state index in [2.05, 4.69) is 0 Å². The van der Waals surface area contributed by atoms with Gasteiger partial charge in [-0.3, -0.25) is 14.4 Å². The molecule has 0 aromatic heterocycles. The summed E-state index contributed by atoms with van der Waals surface area (Å²) < 4.78 is 37.7. The molecule has 0 spiro atoms. The number of aliphatic hydroxyl groups is 4. The molecule has 43 heavy (non-hydrogen) atoms. The van der Waals surface area contributed by atoms with Crippen LogP contribution in [-0.2, 0) is 52.3 Å². The highest BCUT2D eigenvalue weighted by Gasteiger charge is 2.61. The molecule has 2 aliphatic rings. The predicted molar refractivity (Wildman–Crippen MR) is 138 cm³/mol. The highest BCUT2D eigenvalue weighted by Crippen LogP contribution is 2.38. The van der Waals surface area contributed by atoms with Gasteiger partial charge in [0.2, 0.25) is 5.79 Å². The minimum absolute atomic E-state index is 0.00297. The summed E-state index contributed by atoms with van der Waals surface area (Å²) in [6.07, 6.45) is -11.1. The van der Waals surface area contributed by atoms with Gasteiger partial charge >= 0.3 is 23.9 Å². The first-order chi connectivity index (χ1) is 20.3. The van der Waals surface area contributed by atoms with Crippen LogP contribution in [0.3, 0.4) is 0 Å². The first kappa shape index (κ1) is 33.9. The summed E-state index contributed by atoms with van der Waals surface area (Å²) in [6.45, 7) is 0.663. The van der Waals surface area contributed by atoms with Crippen molar-refractivity contribution < 1.29 is 77.9 Å². The van der Waals surface area contributed by atoms with Gasteiger partial charge < -0.3 is 58.7 Å². The lowest BCUT2D eigenvalue weighted by molar-refractivity contribution is -0.383. The minimum Gasteiger partial charge on any atom is -0.508 e. The van der Waals surface area contributed by atoms with E-state index in [1.54, 1.807) is 0 Å². The van der Waals surface area contributed by atoms with Gasteiger partial charge in [-0.2, -0.15) is 0 Å². The average Bonchev–Trinajstić information content (AvgIpc) is 3.21. The first-order valence-corrected chi connectivity index (χ1v) is 13.0. The summed E-state index contributed by atoms with van der Waals surface area (Å²) >= 11 is 0. The topological polar surface area (TPSA) is 234 Å². The van der Waals surface area contributed by atoms with E-state index in [0.29, 0.717) is 5.56 Å². The summed E-state index contributed by atoms with van der Waals surface area (Å²) in [4.78, 5) is 47.8. The van der Waals surface area contributed by atoms with Crippen LogP contribution in [0.4, 0.5) is 0 Å². The zero-order chi connectivity index (χ0) is 31.9. The molecule has 2 saturated heterocycles. The van der Waals surface area contributed by atoms with E-state index in [-0.39, 0.29) is 5.75 Å². The summed E-state index contributed by atoms with van der Waals surface area (Å²) in [5.74, 6) is -5.98. The van der Waals surface area contributed by atoms with E-state index in [0.717, 1.165) is 26.8 Å². The summed E-state index contributed by atoms with van der Waals surface area (Å²) in [5.41, 5.74) is 0.507. The van der Waals surface area contributed by atoms with Crippen molar-refractivity contribution in [3.05, 3.63) is 35.9 Å². The lowest BCUT2D eigenvalue weighted by atomic mass is 9.98. The van der Waals surface area contributed by atoms with Crippen molar-refractivity contribution >= 4 is 30.0 Å². The third-order valence-corrected chi connectivity index (χ3v) is 6.41. The van der Waals surface area contributed by atoms with Crippen LogP contribution >= 0.6 is 0 Å². The fraction of sp³-hybridized carbons (Fsp3) is 0.556. The van der Waals surface area contributed by atoms with Crippen molar-refractivity contribution in [3.8, 4) is 5.75 Å². The van der Waals surface area contributed by atoms with Crippen molar-refractivity contribution in [2.24, 2.45) is 0 Å². The van der Waals surface area contributed by atoms with Crippen molar-refractivity contribution in [1.29, 1.82) is 0 Å².